The fourth-order valence-electron chi connectivity index (χ4n) is 3.70. The summed E-state index contributed by atoms with van der Waals surface area (Å²) in [6.07, 6.45) is 1.90. The van der Waals surface area contributed by atoms with E-state index < -0.39 is 0 Å². The van der Waals surface area contributed by atoms with Crippen LogP contribution in [-0.4, -0.2) is 57.8 Å². The molecule has 0 aliphatic carbocycles. The smallest absolute Gasteiger partial charge is 0.196 e. The molecule has 2 aromatic heterocycles. The summed E-state index contributed by atoms with van der Waals surface area (Å²) in [5.41, 5.74) is 2.01. The predicted octanol–water partition coefficient (Wildman–Crippen LogP) is 4.28. The zero-order chi connectivity index (χ0) is 20.2. The highest BCUT2D eigenvalue weighted by Crippen LogP contribution is 2.30. The van der Waals surface area contributed by atoms with Crippen molar-refractivity contribution in [2.24, 2.45) is 5.92 Å². The molecule has 0 amide bonds. The van der Waals surface area contributed by atoms with Crippen LogP contribution in [0.2, 0.25) is 0 Å². The van der Waals surface area contributed by atoms with Crippen molar-refractivity contribution < 1.29 is 9.15 Å². The van der Waals surface area contributed by atoms with E-state index in [4.69, 9.17) is 9.15 Å². The van der Waals surface area contributed by atoms with Crippen LogP contribution in [0.5, 0.6) is 0 Å². The van der Waals surface area contributed by atoms with Crippen molar-refractivity contribution >= 4 is 11.8 Å². The molecule has 7 heteroatoms. The van der Waals surface area contributed by atoms with Crippen LogP contribution in [-0.2, 0) is 4.74 Å². The van der Waals surface area contributed by atoms with Crippen molar-refractivity contribution in [3.05, 3.63) is 48.4 Å². The maximum atomic E-state index is 6.02. The summed E-state index contributed by atoms with van der Waals surface area (Å²) in [6, 6.07) is 12.2. The molecule has 0 bridgehead atoms. The van der Waals surface area contributed by atoms with Gasteiger partial charge in [-0.05, 0) is 31.0 Å². The average Bonchev–Trinajstić information content (AvgIpc) is 3.32. The maximum Gasteiger partial charge on any atom is 0.196 e. The van der Waals surface area contributed by atoms with Crippen LogP contribution in [0.25, 0.3) is 17.1 Å². The standard InChI is InChI=1S/C22H28N4O2S/c1-16(2)13-25-10-12-28-19(14-25)15-29-22-24-23-21(20-9-11-27-17(20)3)26(22)18-7-5-4-6-8-18/h4-9,11,16,19H,10,12-15H2,1-3H3. The number of rotatable bonds is 7. The highest BCUT2D eigenvalue weighted by molar-refractivity contribution is 7.99. The third-order valence-electron chi connectivity index (χ3n) is 4.99. The van der Waals surface area contributed by atoms with Crippen molar-refractivity contribution in [1.82, 2.24) is 19.7 Å². The van der Waals surface area contributed by atoms with E-state index in [0.717, 1.165) is 60.0 Å². The monoisotopic (exact) mass is 412 g/mol. The molecule has 1 aromatic carbocycles. The van der Waals surface area contributed by atoms with E-state index in [-0.39, 0.29) is 6.10 Å². The Labute approximate surface area is 176 Å². The fourth-order valence-corrected chi connectivity index (χ4v) is 4.65. The Morgan fingerprint density at radius 1 is 1.17 bits per heavy atom. The minimum absolute atomic E-state index is 0.201. The van der Waals surface area contributed by atoms with Crippen LogP contribution in [0, 0.1) is 12.8 Å². The van der Waals surface area contributed by atoms with Gasteiger partial charge in [-0.1, -0.05) is 43.8 Å². The van der Waals surface area contributed by atoms with Crippen LogP contribution in [0.15, 0.2) is 52.2 Å². The van der Waals surface area contributed by atoms with E-state index in [1.807, 2.05) is 31.2 Å². The fraction of sp³-hybridized carbons (Fsp3) is 0.455. The summed E-state index contributed by atoms with van der Waals surface area (Å²) in [4.78, 5) is 2.50. The third-order valence-corrected chi connectivity index (χ3v) is 6.05. The zero-order valence-electron chi connectivity index (χ0n) is 17.2. The van der Waals surface area contributed by atoms with Gasteiger partial charge in [0.25, 0.3) is 0 Å². The molecule has 0 radical (unpaired) electrons. The van der Waals surface area contributed by atoms with Gasteiger partial charge in [0, 0.05) is 31.1 Å². The Morgan fingerprint density at radius 2 is 2.00 bits per heavy atom. The number of para-hydroxylation sites is 1. The van der Waals surface area contributed by atoms with Gasteiger partial charge in [-0.2, -0.15) is 0 Å². The van der Waals surface area contributed by atoms with Gasteiger partial charge in [-0.15, -0.1) is 10.2 Å². The van der Waals surface area contributed by atoms with E-state index in [1.165, 1.54) is 0 Å². The highest BCUT2D eigenvalue weighted by Gasteiger charge is 2.24. The van der Waals surface area contributed by atoms with Gasteiger partial charge < -0.3 is 9.15 Å². The minimum Gasteiger partial charge on any atom is -0.469 e. The van der Waals surface area contributed by atoms with Crippen LogP contribution in [0.1, 0.15) is 19.6 Å². The third kappa shape index (κ3) is 4.74. The Morgan fingerprint density at radius 3 is 2.72 bits per heavy atom. The SMILES string of the molecule is Cc1occc1-c1nnc(SCC2CN(CC(C)C)CCO2)n1-c1ccccc1. The first-order valence-electron chi connectivity index (χ1n) is 10.1. The summed E-state index contributed by atoms with van der Waals surface area (Å²) >= 11 is 1.70. The number of benzene rings is 1. The summed E-state index contributed by atoms with van der Waals surface area (Å²) in [7, 11) is 0. The highest BCUT2D eigenvalue weighted by atomic mass is 32.2. The quantitative estimate of drug-likeness (QED) is 0.540. The van der Waals surface area contributed by atoms with Crippen molar-refractivity contribution in [1.29, 1.82) is 0 Å². The molecule has 3 aromatic rings. The Hall–Kier alpha value is -2.09. The Bertz CT molecular complexity index is 922. The van der Waals surface area contributed by atoms with Gasteiger partial charge in [-0.3, -0.25) is 9.47 Å². The van der Waals surface area contributed by atoms with Crippen molar-refractivity contribution in [3.8, 4) is 17.1 Å². The van der Waals surface area contributed by atoms with Crippen LogP contribution in [0.3, 0.4) is 0 Å². The lowest BCUT2D eigenvalue weighted by Crippen LogP contribution is -2.44. The maximum absolute atomic E-state index is 6.02. The summed E-state index contributed by atoms with van der Waals surface area (Å²) in [5, 5.41) is 9.87. The molecular weight excluding hydrogens is 384 g/mol. The number of aryl methyl sites for hydroxylation is 1. The van der Waals surface area contributed by atoms with Gasteiger partial charge in [0.1, 0.15) is 5.76 Å². The molecule has 0 spiro atoms. The molecule has 4 rings (SSSR count). The molecule has 154 valence electrons. The van der Waals surface area contributed by atoms with E-state index in [1.54, 1.807) is 18.0 Å². The molecule has 1 aliphatic heterocycles. The molecule has 1 atom stereocenters. The average molecular weight is 413 g/mol. The van der Waals surface area contributed by atoms with E-state index in [9.17, 15) is 0 Å². The largest absolute Gasteiger partial charge is 0.469 e. The molecule has 29 heavy (non-hydrogen) atoms. The van der Waals surface area contributed by atoms with Crippen LogP contribution < -0.4 is 0 Å². The molecule has 3 heterocycles. The van der Waals surface area contributed by atoms with Crippen molar-refractivity contribution in [2.45, 2.75) is 32.0 Å². The number of hydrogen-bond donors (Lipinski definition) is 0. The Kier molecular flexibility index (Phi) is 6.37. The number of nitrogens with zero attached hydrogens (tertiary/aromatic N) is 4. The number of morpholine rings is 1. The number of aromatic nitrogens is 3. The summed E-state index contributed by atoms with van der Waals surface area (Å²) in [6.45, 7) is 10.4. The van der Waals surface area contributed by atoms with Crippen LogP contribution >= 0.6 is 11.8 Å². The van der Waals surface area contributed by atoms with Gasteiger partial charge in [-0.25, -0.2) is 0 Å². The number of hydrogen-bond acceptors (Lipinski definition) is 6. The molecule has 6 nitrogen and oxygen atoms in total. The number of furan rings is 1. The van der Waals surface area contributed by atoms with Crippen LogP contribution in [0.4, 0.5) is 0 Å². The van der Waals surface area contributed by atoms with Gasteiger partial charge in [0.05, 0.1) is 24.5 Å². The molecule has 1 saturated heterocycles. The second-order valence-corrected chi connectivity index (χ2v) is 8.81. The van der Waals surface area contributed by atoms with Gasteiger partial charge in [0.2, 0.25) is 0 Å². The lowest BCUT2D eigenvalue weighted by Gasteiger charge is -2.33. The first kappa shape index (κ1) is 20.2. The molecular formula is C22H28N4O2S. The van der Waals surface area contributed by atoms with E-state index in [0.29, 0.717) is 5.92 Å². The zero-order valence-corrected chi connectivity index (χ0v) is 18.1. The van der Waals surface area contributed by atoms with Gasteiger partial charge >= 0.3 is 0 Å². The summed E-state index contributed by atoms with van der Waals surface area (Å²) < 4.78 is 13.6. The number of ether oxygens (including phenoxy) is 1. The van der Waals surface area contributed by atoms with Gasteiger partial charge in [0.15, 0.2) is 11.0 Å². The molecule has 0 saturated carbocycles. The Balaban J connectivity index is 1.55. The summed E-state index contributed by atoms with van der Waals surface area (Å²) in [5.74, 6) is 3.16. The lowest BCUT2D eigenvalue weighted by molar-refractivity contribution is -0.0191. The normalized spacial score (nSPS) is 17.9. The molecule has 1 aliphatic rings. The lowest BCUT2D eigenvalue weighted by atomic mass is 10.2. The number of thioether (sulfide) groups is 1. The first-order valence-corrected chi connectivity index (χ1v) is 11.1. The minimum atomic E-state index is 0.201. The van der Waals surface area contributed by atoms with Crippen molar-refractivity contribution in [3.63, 3.8) is 0 Å². The second kappa shape index (κ2) is 9.15. The van der Waals surface area contributed by atoms with Crippen molar-refractivity contribution in [2.75, 3.05) is 32.0 Å². The van der Waals surface area contributed by atoms with E-state index in [2.05, 4.69) is 45.6 Å². The molecule has 0 N–H and O–H groups in total. The molecule has 1 unspecified atom stereocenters. The first-order chi connectivity index (χ1) is 14.1. The topological polar surface area (TPSA) is 56.3 Å². The van der Waals surface area contributed by atoms with E-state index >= 15 is 0 Å². The molecule has 1 fully saturated rings. The second-order valence-electron chi connectivity index (χ2n) is 7.82. The predicted molar refractivity (Wildman–Crippen MR) is 116 cm³/mol.